The largest absolute Gasteiger partial charge is 0.494 e. The molecule has 0 saturated carbocycles. The van der Waals surface area contributed by atoms with E-state index in [9.17, 15) is 4.79 Å². The maximum Gasteiger partial charge on any atom is 0.258 e. The number of pyridine rings is 1. The van der Waals surface area contributed by atoms with Crippen LogP contribution in [0, 0.1) is 0 Å². The first-order valence-electron chi connectivity index (χ1n) is 5.51. The number of ether oxygens (including phenoxy) is 1. The molecule has 1 N–H and O–H groups in total. The van der Waals surface area contributed by atoms with Gasteiger partial charge in [0.1, 0.15) is 5.75 Å². The zero-order valence-corrected chi connectivity index (χ0v) is 10.4. The Morgan fingerprint density at radius 2 is 2.29 bits per heavy atom. The van der Waals surface area contributed by atoms with Crippen LogP contribution in [0.4, 0.5) is 0 Å². The zero-order valence-electron chi connectivity index (χ0n) is 10.4. The molecule has 1 rings (SSSR count). The fourth-order valence-corrected chi connectivity index (χ4v) is 1.58. The first-order valence-corrected chi connectivity index (χ1v) is 5.51. The normalized spacial score (nSPS) is 10.4. The number of carbonyl (C=O) groups excluding carboxylic acids is 1. The minimum Gasteiger partial charge on any atom is -0.494 e. The van der Waals surface area contributed by atoms with Crippen molar-refractivity contribution >= 4 is 5.91 Å². The number of aromatic nitrogens is 1. The minimum absolute atomic E-state index is 0.0209. The monoisotopic (exact) mass is 238 g/mol. The Morgan fingerprint density at radius 1 is 1.59 bits per heavy atom. The first-order chi connectivity index (χ1) is 8.11. The predicted molar refractivity (Wildman–Crippen MR) is 64.0 cm³/mol. The minimum atomic E-state index is -0.159. The molecule has 5 nitrogen and oxygen atoms in total. The lowest BCUT2D eigenvalue weighted by atomic mass is 10.2. The van der Waals surface area contributed by atoms with Gasteiger partial charge in [-0.2, -0.15) is 0 Å². The molecule has 1 heterocycles. The van der Waals surface area contributed by atoms with E-state index >= 15 is 0 Å². The second-order valence-corrected chi connectivity index (χ2v) is 3.89. The number of methoxy groups -OCH3 is 1. The SMILES string of the molecule is COc1cnccc1C(=O)N(CCO)C(C)C. The molecular weight excluding hydrogens is 220 g/mol. The molecule has 0 unspecified atom stereocenters. The quantitative estimate of drug-likeness (QED) is 0.829. The summed E-state index contributed by atoms with van der Waals surface area (Å²) in [5.74, 6) is 0.286. The molecule has 0 bridgehead atoms. The maximum absolute atomic E-state index is 12.3. The molecule has 0 saturated heterocycles. The van der Waals surface area contributed by atoms with Crippen LogP contribution in [0.2, 0.25) is 0 Å². The van der Waals surface area contributed by atoms with Crippen LogP contribution in [0.15, 0.2) is 18.5 Å². The van der Waals surface area contributed by atoms with Gasteiger partial charge in [0.05, 0.1) is 25.5 Å². The van der Waals surface area contributed by atoms with E-state index < -0.39 is 0 Å². The van der Waals surface area contributed by atoms with Crippen molar-refractivity contribution < 1.29 is 14.6 Å². The second kappa shape index (κ2) is 6.20. The highest BCUT2D eigenvalue weighted by Crippen LogP contribution is 2.18. The van der Waals surface area contributed by atoms with E-state index in [4.69, 9.17) is 9.84 Å². The predicted octanol–water partition coefficient (Wildman–Crippen LogP) is 0.933. The van der Waals surface area contributed by atoms with Crippen molar-refractivity contribution in [1.82, 2.24) is 9.88 Å². The van der Waals surface area contributed by atoms with Gasteiger partial charge in [0.15, 0.2) is 0 Å². The Kier molecular flexibility index (Phi) is 4.90. The van der Waals surface area contributed by atoms with E-state index in [0.29, 0.717) is 17.9 Å². The lowest BCUT2D eigenvalue weighted by Crippen LogP contribution is -2.39. The molecule has 1 amide bonds. The molecule has 0 aliphatic heterocycles. The van der Waals surface area contributed by atoms with Gasteiger partial charge in [-0.25, -0.2) is 0 Å². The lowest BCUT2D eigenvalue weighted by Gasteiger charge is -2.26. The number of aliphatic hydroxyl groups excluding tert-OH is 1. The molecular formula is C12H18N2O3. The Morgan fingerprint density at radius 3 is 2.82 bits per heavy atom. The highest BCUT2D eigenvalue weighted by atomic mass is 16.5. The molecule has 0 aliphatic carbocycles. The van der Waals surface area contributed by atoms with Crippen molar-refractivity contribution in [2.75, 3.05) is 20.3 Å². The third-order valence-corrected chi connectivity index (χ3v) is 2.46. The number of rotatable bonds is 5. The highest BCUT2D eigenvalue weighted by Gasteiger charge is 2.21. The van der Waals surface area contributed by atoms with E-state index in [1.54, 1.807) is 17.2 Å². The van der Waals surface area contributed by atoms with Crippen LogP contribution < -0.4 is 4.74 Å². The van der Waals surface area contributed by atoms with Crippen molar-refractivity contribution in [3.63, 3.8) is 0 Å². The van der Waals surface area contributed by atoms with E-state index in [0.717, 1.165) is 0 Å². The van der Waals surface area contributed by atoms with Crippen LogP contribution in [0.25, 0.3) is 0 Å². The smallest absolute Gasteiger partial charge is 0.258 e. The van der Waals surface area contributed by atoms with Gasteiger partial charge < -0.3 is 14.7 Å². The fraction of sp³-hybridized carbons (Fsp3) is 0.500. The van der Waals surface area contributed by atoms with E-state index in [-0.39, 0.29) is 18.6 Å². The lowest BCUT2D eigenvalue weighted by molar-refractivity contribution is 0.0662. The molecule has 1 aromatic heterocycles. The molecule has 0 aromatic carbocycles. The van der Waals surface area contributed by atoms with Gasteiger partial charge >= 0.3 is 0 Å². The Balaban J connectivity index is 3.00. The molecule has 0 fully saturated rings. The number of hydrogen-bond acceptors (Lipinski definition) is 4. The summed E-state index contributed by atoms with van der Waals surface area (Å²) in [4.78, 5) is 17.8. The Hall–Kier alpha value is -1.62. The average Bonchev–Trinajstić information content (AvgIpc) is 2.34. The number of nitrogens with zero attached hydrogens (tertiary/aromatic N) is 2. The molecule has 17 heavy (non-hydrogen) atoms. The summed E-state index contributed by atoms with van der Waals surface area (Å²) in [5.41, 5.74) is 0.463. The standard InChI is InChI=1S/C12H18N2O3/c1-9(2)14(6-7-15)12(16)10-4-5-13-8-11(10)17-3/h4-5,8-9,15H,6-7H2,1-3H3. The second-order valence-electron chi connectivity index (χ2n) is 3.89. The summed E-state index contributed by atoms with van der Waals surface area (Å²) >= 11 is 0. The van der Waals surface area contributed by atoms with Crippen molar-refractivity contribution in [2.45, 2.75) is 19.9 Å². The van der Waals surface area contributed by atoms with Crippen LogP contribution in [0.3, 0.4) is 0 Å². The van der Waals surface area contributed by atoms with Gasteiger partial charge in [0.2, 0.25) is 0 Å². The van der Waals surface area contributed by atoms with Gasteiger partial charge in [0, 0.05) is 18.8 Å². The van der Waals surface area contributed by atoms with E-state index in [1.807, 2.05) is 13.8 Å². The van der Waals surface area contributed by atoms with Gasteiger partial charge in [0.25, 0.3) is 5.91 Å². The number of carbonyl (C=O) groups is 1. The van der Waals surface area contributed by atoms with Crippen LogP contribution in [-0.2, 0) is 0 Å². The topological polar surface area (TPSA) is 62.7 Å². The van der Waals surface area contributed by atoms with Gasteiger partial charge in [-0.1, -0.05) is 0 Å². The summed E-state index contributed by atoms with van der Waals surface area (Å²) in [5, 5.41) is 8.97. The Bertz CT molecular complexity index is 380. The van der Waals surface area contributed by atoms with Crippen LogP contribution in [0.5, 0.6) is 5.75 Å². The summed E-state index contributed by atoms with van der Waals surface area (Å²) in [6.07, 6.45) is 3.05. The molecule has 5 heteroatoms. The number of aliphatic hydroxyl groups is 1. The molecule has 0 radical (unpaired) electrons. The summed E-state index contributed by atoms with van der Waals surface area (Å²) in [6, 6.07) is 1.64. The highest BCUT2D eigenvalue weighted by molar-refractivity contribution is 5.96. The summed E-state index contributed by atoms with van der Waals surface area (Å²) in [7, 11) is 1.50. The van der Waals surface area contributed by atoms with Crippen molar-refractivity contribution in [2.24, 2.45) is 0 Å². The van der Waals surface area contributed by atoms with Crippen LogP contribution in [0.1, 0.15) is 24.2 Å². The van der Waals surface area contributed by atoms with Gasteiger partial charge in [-0.05, 0) is 19.9 Å². The average molecular weight is 238 g/mol. The third-order valence-electron chi connectivity index (χ3n) is 2.46. The van der Waals surface area contributed by atoms with Crippen LogP contribution >= 0.6 is 0 Å². The van der Waals surface area contributed by atoms with Crippen LogP contribution in [-0.4, -0.2) is 47.2 Å². The van der Waals surface area contributed by atoms with Gasteiger partial charge in [-0.3, -0.25) is 9.78 Å². The van der Waals surface area contributed by atoms with Crippen molar-refractivity contribution in [3.05, 3.63) is 24.0 Å². The Labute approximate surface area is 101 Å². The van der Waals surface area contributed by atoms with E-state index in [1.165, 1.54) is 13.3 Å². The van der Waals surface area contributed by atoms with Gasteiger partial charge in [-0.15, -0.1) is 0 Å². The number of amides is 1. The number of hydrogen-bond donors (Lipinski definition) is 1. The van der Waals surface area contributed by atoms with Crippen molar-refractivity contribution in [1.29, 1.82) is 0 Å². The zero-order chi connectivity index (χ0) is 12.8. The molecule has 0 atom stereocenters. The summed E-state index contributed by atoms with van der Waals surface area (Å²) in [6.45, 7) is 4.06. The van der Waals surface area contributed by atoms with Crippen molar-refractivity contribution in [3.8, 4) is 5.75 Å². The molecule has 94 valence electrons. The third kappa shape index (κ3) is 3.17. The molecule has 1 aromatic rings. The first kappa shape index (κ1) is 13.4. The fourth-order valence-electron chi connectivity index (χ4n) is 1.58. The molecule has 0 aliphatic rings. The molecule has 0 spiro atoms. The summed E-state index contributed by atoms with van der Waals surface area (Å²) < 4.78 is 5.10. The maximum atomic E-state index is 12.3. The van der Waals surface area contributed by atoms with E-state index in [2.05, 4.69) is 4.98 Å².